The SMILES string of the molecule is Cc1ccc2c(c1)-c1cccc(c1)-c1cc3nc(C)c([C@H](OC(C)(C)C)C(=O)O)c(n3n1)N1CCC(C)(CC1)OC/C=C/[C@@H](C)O2. The Balaban J connectivity index is 1.56. The van der Waals surface area contributed by atoms with Crippen molar-refractivity contribution in [2.75, 3.05) is 24.6 Å². The smallest absolute Gasteiger partial charge is 0.337 e. The number of rotatable bonds is 3. The lowest BCUT2D eigenvalue weighted by atomic mass is 9.92. The summed E-state index contributed by atoms with van der Waals surface area (Å²) >= 11 is 0. The number of anilines is 1. The molecule has 0 saturated carbocycles. The molecule has 0 radical (unpaired) electrons. The third-order valence-electron chi connectivity index (χ3n) is 8.74. The number of hydrogen-bond donors (Lipinski definition) is 1. The summed E-state index contributed by atoms with van der Waals surface area (Å²) in [6, 6.07) is 16.5. The van der Waals surface area contributed by atoms with Gasteiger partial charge in [0, 0.05) is 36.0 Å². The summed E-state index contributed by atoms with van der Waals surface area (Å²) in [5, 5.41) is 15.6. The Hall–Kier alpha value is -4.21. The van der Waals surface area contributed by atoms with Crippen molar-refractivity contribution >= 4 is 17.4 Å². The number of aryl methyl sites for hydroxylation is 2. The molecule has 3 aliphatic heterocycles. The number of piperidine rings is 1. The minimum absolute atomic E-state index is 0.147. The average molecular weight is 625 g/mol. The molecule has 4 aromatic rings. The van der Waals surface area contributed by atoms with Gasteiger partial charge in [-0.05, 0) is 91.1 Å². The number of carbonyl (C=O) groups is 1. The summed E-state index contributed by atoms with van der Waals surface area (Å²) in [6.07, 6.45) is 4.23. The van der Waals surface area contributed by atoms with Crippen LogP contribution < -0.4 is 9.64 Å². The maximum absolute atomic E-state index is 12.8. The minimum Gasteiger partial charge on any atom is -0.486 e. The predicted octanol–water partition coefficient (Wildman–Crippen LogP) is 7.33. The Morgan fingerprint density at radius 3 is 2.54 bits per heavy atom. The minimum atomic E-state index is -1.22. The largest absolute Gasteiger partial charge is 0.486 e. The number of hydrogen-bond acceptors (Lipinski definition) is 7. The molecule has 9 nitrogen and oxygen atoms in total. The number of carboxylic acid groups (broad SMARTS) is 1. The fraction of sp³-hybridized carbons (Fsp3) is 0.432. The van der Waals surface area contributed by atoms with Gasteiger partial charge in [0.1, 0.15) is 17.7 Å². The molecule has 0 aliphatic carbocycles. The zero-order valence-corrected chi connectivity index (χ0v) is 27.8. The Morgan fingerprint density at radius 2 is 1.83 bits per heavy atom. The van der Waals surface area contributed by atoms with Crippen LogP contribution in [-0.2, 0) is 14.3 Å². The van der Waals surface area contributed by atoms with Gasteiger partial charge in [-0.1, -0.05) is 35.9 Å². The number of ether oxygens (including phenoxy) is 3. The Morgan fingerprint density at radius 1 is 1.09 bits per heavy atom. The van der Waals surface area contributed by atoms with E-state index < -0.39 is 17.7 Å². The van der Waals surface area contributed by atoms with Gasteiger partial charge in [0.2, 0.25) is 0 Å². The van der Waals surface area contributed by atoms with Crippen molar-refractivity contribution in [3.63, 3.8) is 0 Å². The average Bonchev–Trinajstić information content (AvgIpc) is 3.42. The predicted molar refractivity (Wildman–Crippen MR) is 180 cm³/mol. The number of benzene rings is 2. The molecule has 242 valence electrons. The van der Waals surface area contributed by atoms with E-state index in [0.29, 0.717) is 42.4 Å². The lowest BCUT2D eigenvalue weighted by Gasteiger charge is -2.41. The summed E-state index contributed by atoms with van der Waals surface area (Å²) in [5.41, 5.74) is 5.55. The van der Waals surface area contributed by atoms with E-state index in [9.17, 15) is 9.90 Å². The van der Waals surface area contributed by atoms with Crippen molar-refractivity contribution in [1.29, 1.82) is 0 Å². The molecular weight excluding hydrogens is 580 g/mol. The third-order valence-corrected chi connectivity index (χ3v) is 8.74. The summed E-state index contributed by atoms with van der Waals surface area (Å²) in [6.45, 7) is 15.5. The lowest BCUT2D eigenvalue weighted by molar-refractivity contribution is -0.160. The number of aromatic nitrogens is 3. The van der Waals surface area contributed by atoms with Gasteiger partial charge in [-0.3, -0.25) is 0 Å². The van der Waals surface area contributed by atoms with Gasteiger partial charge in [-0.25, -0.2) is 9.78 Å². The molecule has 0 spiro atoms. The van der Waals surface area contributed by atoms with Crippen molar-refractivity contribution in [2.45, 2.75) is 84.7 Å². The van der Waals surface area contributed by atoms with Gasteiger partial charge < -0.3 is 24.2 Å². The van der Waals surface area contributed by atoms with E-state index in [2.05, 4.69) is 43.0 Å². The standard InChI is InChI=1S/C37H44N4O5/c1-23-13-14-30-28(20-23)26-11-8-12-27(21-26)29-22-31-38-25(3)32(33(35(42)43)46-36(4,5)6)34(41(31)39-29)40-17-15-37(7,16-18-40)44-19-9-10-24(2)45-30/h8-14,20-22,24,33H,15-19H2,1-7H3,(H,42,43)/b10-9+/t24-,33+/m1/s1. The molecule has 46 heavy (non-hydrogen) atoms. The van der Waals surface area contributed by atoms with Crippen LogP contribution in [0.3, 0.4) is 0 Å². The first-order valence-corrected chi connectivity index (χ1v) is 16.0. The maximum Gasteiger partial charge on any atom is 0.337 e. The summed E-state index contributed by atoms with van der Waals surface area (Å²) < 4.78 is 20.9. The molecule has 0 unspecified atom stereocenters. The highest BCUT2D eigenvalue weighted by molar-refractivity contribution is 5.80. The van der Waals surface area contributed by atoms with E-state index in [-0.39, 0.29) is 11.7 Å². The molecule has 0 amide bonds. The van der Waals surface area contributed by atoms with Gasteiger partial charge in [0.15, 0.2) is 11.8 Å². The van der Waals surface area contributed by atoms with Gasteiger partial charge in [-0.15, -0.1) is 0 Å². The van der Waals surface area contributed by atoms with Crippen LogP contribution in [-0.4, -0.2) is 62.7 Å². The molecule has 1 fully saturated rings. The highest BCUT2D eigenvalue weighted by Gasteiger charge is 2.37. The molecule has 2 aromatic heterocycles. The molecule has 5 heterocycles. The number of nitrogens with zero attached hydrogens (tertiary/aromatic N) is 4. The van der Waals surface area contributed by atoms with Gasteiger partial charge in [-0.2, -0.15) is 9.61 Å². The zero-order valence-electron chi connectivity index (χ0n) is 27.8. The summed E-state index contributed by atoms with van der Waals surface area (Å²) in [5.74, 6) is 0.438. The highest BCUT2D eigenvalue weighted by Crippen LogP contribution is 2.39. The second-order valence-electron chi connectivity index (χ2n) is 13.8. The quantitative estimate of drug-likeness (QED) is 0.237. The van der Waals surface area contributed by atoms with Crippen LogP contribution >= 0.6 is 0 Å². The van der Waals surface area contributed by atoms with Gasteiger partial charge >= 0.3 is 5.97 Å². The molecule has 6 bridgehead atoms. The molecular formula is C37H44N4O5. The second kappa shape index (κ2) is 12.2. The maximum atomic E-state index is 12.8. The van der Waals surface area contributed by atoms with Crippen molar-refractivity contribution in [1.82, 2.24) is 14.6 Å². The Kier molecular flexibility index (Phi) is 8.42. The molecule has 2 aromatic carbocycles. The molecule has 2 atom stereocenters. The van der Waals surface area contributed by atoms with Crippen molar-refractivity contribution in [2.24, 2.45) is 0 Å². The first-order valence-electron chi connectivity index (χ1n) is 16.0. The van der Waals surface area contributed by atoms with E-state index in [1.165, 1.54) is 0 Å². The van der Waals surface area contributed by atoms with E-state index in [0.717, 1.165) is 46.5 Å². The molecule has 3 aliphatic rings. The van der Waals surface area contributed by atoms with Crippen LogP contribution in [0.1, 0.15) is 70.4 Å². The van der Waals surface area contributed by atoms with Crippen molar-refractivity contribution in [3.8, 4) is 28.1 Å². The summed E-state index contributed by atoms with van der Waals surface area (Å²) in [4.78, 5) is 19.9. The fourth-order valence-electron chi connectivity index (χ4n) is 6.34. The van der Waals surface area contributed by atoms with E-state index in [4.69, 9.17) is 24.3 Å². The van der Waals surface area contributed by atoms with Crippen LogP contribution in [0.2, 0.25) is 0 Å². The zero-order chi connectivity index (χ0) is 32.8. The van der Waals surface area contributed by atoms with Crippen molar-refractivity contribution < 1.29 is 24.1 Å². The van der Waals surface area contributed by atoms with Gasteiger partial charge in [0.25, 0.3) is 0 Å². The molecule has 1 saturated heterocycles. The van der Waals surface area contributed by atoms with Crippen LogP contribution in [0.5, 0.6) is 5.75 Å². The highest BCUT2D eigenvalue weighted by atomic mass is 16.5. The number of aliphatic carboxylic acids is 1. The molecule has 7 rings (SSSR count). The van der Waals surface area contributed by atoms with E-state index >= 15 is 0 Å². The first-order chi connectivity index (χ1) is 21.8. The Bertz CT molecular complexity index is 1800. The van der Waals surface area contributed by atoms with E-state index in [1.807, 2.05) is 71.0 Å². The number of fused-ring (bicyclic) bond motifs is 6. The van der Waals surface area contributed by atoms with E-state index in [1.54, 1.807) is 4.52 Å². The van der Waals surface area contributed by atoms with Crippen LogP contribution in [0, 0.1) is 13.8 Å². The molecule has 9 heteroatoms. The number of carboxylic acids is 1. The second-order valence-corrected chi connectivity index (χ2v) is 13.8. The topological polar surface area (TPSA) is 98.4 Å². The third kappa shape index (κ3) is 6.52. The normalized spacial score (nSPS) is 21.6. The lowest BCUT2D eigenvalue weighted by Crippen LogP contribution is -2.45. The van der Waals surface area contributed by atoms with Gasteiger partial charge in [0.05, 0.1) is 29.1 Å². The summed E-state index contributed by atoms with van der Waals surface area (Å²) in [7, 11) is 0. The Labute approximate surface area is 270 Å². The van der Waals surface area contributed by atoms with Crippen LogP contribution in [0.25, 0.3) is 28.0 Å². The van der Waals surface area contributed by atoms with Crippen LogP contribution in [0.15, 0.2) is 60.7 Å². The van der Waals surface area contributed by atoms with Crippen LogP contribution in [0.4, 0.5) is 5.82 Å². The monoisotopic (exact) mass is 624 g/mol. The first kappa shape index (κ1) is 31.8. The fourth-order valence-corrected chi connectivity index (χ4v) is 6.34. The molecule has 1 N–H and O–H groups in total. The van der Waals surface area contributed by atoms with Crippen molar-refractivity contribution in [3.05, 3.63) is 77.5 Å².